The molecular weight excluding hydrogens is 242 g/mol. The van der Waals surface area contributed by atoms with Gasteiger partial charge in [0.2, 0.25) is 0 Å². The third-order valence-electron chi connectivity index (χ3n) is 3.95. The van der Waals surface area contributed by atoms with Gasteiger partial charge in [-0.15, -0.1) is 0 Å². The average molecular weight is 267 g/mol. The van der Waals surface area contributed by atoms with Crippen LogP contribution in [0, 0.1) is 6.92 Å². The molecule has 1 heteroatoms. The molecule has 1 unspecified atom stereocenters. The van der Waals surface area contributed by atoms with Crippen molar-refractivity contribution < 1.29 is 0 Å². The van der Waals surface area contributed by atoms with Gasteiger partial charge in [-0.2, -0.15) is 0 Å². The molecule has 20 heavy (non-hydrogen) atoms. The second kappa shape index (κ2) is 7.25. The molecule has 1 atom stereocenters. The highest BCUT2D eigenvalue weighted by molar-refractivity contribution is 5.33. The van der Waals surface area contributed by atoms with E-state index in [-0.39, 0.29) is 0 Å². The molecule has 0 spiro atoms. The molecule has 1 nitrogen and oxygen atoms in total. The van der Waals surface area contributed by atoms with Gasteiger partial charge in [0.15, 0.2) is 0 Å². The summed E-state index contributed by atoms with van der Waals surface area (Å²) < 4.78 is 0. The number of benzene rings is 2. The lowest BCUT2D eigenvalue weighted by Gasteiger charge is -2.22. The third-order valence-corrected chi connectivity index (χ3v) is 3.95. The van der Waals surface area contributed by atoms with Gasteiger partial charge in [0, 0.05) is 6.04 Å². The van der Waals surface area contributed by atoms with E-state index in [0.29, 0.717) is 6.04 Å². The molecule has 106 valence electrons. The van der Waals surface area contributed by atoms with Crippen LogP contribution in [0.5, 0.6) is 0 Å². The van der Waals surface area contributed by atoms with Crippen LogP contribution in [0.25, 0.3) is 0 Å². The fraction of sp³-hybridized carbons (Fsp3) is 0.368. The zero-order valence-corrected chi connectivity index (χ0v) is 12.8. The minimum Gasteiger partial charge on any atom is -0.310 e. The Hall–Kier alpha value is -1.60. The van der Waals surface area contributed by atoms with Crippen molar-refractivity contribution in [2.45, 2.75) is 39.7 Å². The Morgan fingerprint density at radius 3 is 2.20 bits per heavy atom. The number of hydrogen-bond donors (Lipinski definition) is 1. The predicted molar refractivity (Wildman–Crippen MR) is 87.1 cm³/mol. The van der Waals surface area contributed by atoms with Crippen molar-refractivity contribution in [2.24, 2.45) is 0 Å². The molecule has 0 aliphatic rings. The fourth-order valence-electron chi connectivity index (χ4n) is 2.79. The zero-order chi connectivity index (χ0) is 14.4. The lowest BCUT2D eigenvalue weighted by molar-refractivity contribution is 0.545. The molecule has 0 aliphatic carbocycles. The largest absolute Gasteiger partial charge is 0.310 e. The SMILES string of the molecule is CCNC(Cc1ccccc1C)c1ccccc1CC. The quantitative estimate of drug-likeness (QED) is 0.815. The number of likely N-dealkylation sites (N-methyl/N-ethyl adjacent to an activating group) is 1. The Morgan fingerprint density at radius 2 is 1.55 bits per heavy atom. The minimum absolute atomic E-state index is 0.400. The van der Waals surface area contributed by atoms with Crippen LogP contribution in [0.1, 0.15) is 42.1 Å². The van der Waals surface area contributed by atoms with Crippen LogP contribution < -0.4 is 5.32 Å². The van der Waals surface area contributed by atoms with Gasteiger partial charge >= 0.3 is 0 Å². The van der Waals surface area contributed by atoms with Crippen molar-refractivity contribution in [2.75, 3.05) is 6.54 Å². The number of hydrogen-bond acceptors (Lipinski definition) is 1. The van der Waals surface area contributed by atoms with E-state index in [1.807, 2.05) is 0 Å². The molecule has 0 saturated heterocycles. The van der Waals surface area contributed by atoms with E-state index in [1.54, 1.807) is 0 Å². The Labute approximate surface area is 123 Å². The summed E-state index contributed by atoms with van der Waals surface area (Å²) in [6, 6.07) is 17.9. The Kier molecular flexibility index (Phi) is 5.37. The average Bonchev–Trinajstić information content (AvgIpc) is 2.49. The van der Waals surface area contributed by atoms with Crippen LogP contribution in [0.3, 0.4) is 0 Å². The maximum Gasteiger partial charge on any atom is 0.0363 e. The van der Waals surface area contributed by atoms with Crippen molar-refractivity contribution in [3.05, 3.63) is 70.8 Å². The maximum absolute atomic E-state index is 3.65. The summed E-state index contributed by atoms with van der Waals surface area (Å²) >= 11 is 0. The maximum atomic E-state index is 3.65. The van der Waals surface area contributed by atoms with E-state index in [1.165, 1.54) is 22.3 Å². The van der Waals surface area contributed by atoms with E-state index in [4.69, 9.17) is 0 Å². The van der Waals surface area contributed by atoms with Crippen LogP contribution in [-0.2, 0) is 12.8 Å². The molecule has 0 aliphatic heterocycles. The monoisotopic (exact) mass is 267 g/mol. The van der Waals surface area contributed by atoms with Crippen molar-refractivity contribution in [1.29, 1.82) is 0 Å². The summed E-state index contributed by atoms with van der Waals surface area (Å²) in [5.41, 5.74) is 5.71. The topological polar surface area (TPSA) is 12.0 Å². The first-order valence-corrected chi connectivity index (χ1v) is 7.62. The molecule has 0 saturated carbocycles. The van der Waals surface area contributed by atoms with Crippen LogP contribution in [-0.4, -0.2) is 6.54 Å². The molecule has 2 aromatic rings. The van der Waals surface area contributed by atoms with Gasteiger partial charge in [-0.3, -0.25) is 0 Å². The highest BCUT2D eigenvalue weighted by Crippen LogP contribution is 2.24. The summed E-state index contributed by atoms with van der Waals surface area (Å²) in [5.74, 6) is 0. The van der Waals surface area contributed by atoms with Gasteiger partial charge < -0.3 is 5.32 Å². The van der Waals surface area contributed by atoms with Crippen molar-refractivity contribution in [3.8, 4) is 0 Å². The molecule has 0 amide bonds. The summed E-state index contributed by atoms with van der Waals surface area (Å²) in [6.07, 6.45) is 2.14. The highest BCUT2D eigenvalue weighted by Gasteiger charge is 2.14. The summed E-state index contributed by atoms with van der Waals surface area (Å²) in [5, 5.41) is 3.65. The van der Waals surface area contributed by atoms with Crippen molar-refractivity contribution in [1.82, 2.24) is 5.32 Å². The van der Waals surface area contributed by atoms with Gasteiger partial charge in [0.05, 0.1) is 0 Å². The van der Waals surface area contributed by atoms with E-state index in [9.17, 15) is 0 Å². The first-order valence-electron chi connectivity index (χ1n) is 7.62. The van der Waals surface area contributed by atoms with Crippen LogP contribution >= 0.6 is 0 Å². The predicted octanol–water partition coefficient (Wildman–Crippen LogP) is 4.45. The normalized spacial score (nSPS) is 12.3. The van der Waals surface area contributed by atoms with Gasteiger partial charge in [-0.25, -0.2) is 0 Å². The number of nitrogens with one attached hydrogen (secondary N) is 1. The Morgan fingerprint density at radius 1 is 0.900 bits per heavy atom. The van der Waals surface area contributed by atoms with Crippen molar-refractivity contribution in [3.63, 3.8) is 0 Å². The minimum atomic E-state index is 0.400. The molecule has 0 aromatic heterocycles. The second-order valence-corrected chi connectivity index (χ2v) is 5.29. The van der Waals surface area contributed by atoms with E-state index < -0.39 is 0 Å². The first kappa shape index (κ1) is 14.8. The Balaban J connectivity index is 2.29. The van der Waals surface area contributed by atoms with Gasteiger partial charge in [0.25, 0.3) is 0 Å². The smallest absolute Gasteiger partial charge is 0.0363 e. The van der Waals surface area contributed by atoms with Crippen molar-refractivity contribution >= 4 is 0 Å². The standard InChI is InChI=1S/C19H25N/c1-4-16-11-8-9-13-18(16)19(20-5-2)14-17-12-7-6-10-15(17)3/h6-13,19-20H,4-5,14H2,1-3H3. The molecule has 2 rings (SSSR count). The molecule has 2 aromatic carbocycles. The van der Waals surface area contributed by atoms with Gasteiger partial charge in [-0.05, 0) is 48.6 Å². The second-order valence-electron chi connectivity index (χ2n) is 5.29. The van der Waals surface area contributed by atoms with Crippen LogP contribution in [0.4, 0.5) is 0 Å². The van der Waals surface area contributed by atoms with E-state index >= 15 is 0 Å². The summed E-state index contributed by atoms with van der Waals surface area (Å²) in [7, 11) is 0. The first-order chi connectivity index (χ1) is 9.76. The fourth-order valence-corrected chi connectivity index (χ4v) is 2.79. The van der Waals surface area contributed by atoms with Gasteiger partial charge in [0.1, 0.15) is 0 Å². The molecule has 0 radical (unpaired) electrons. The molecule has 0 fully saturated rings. The lowest BCUT2D eigenvalue weighted by Crippen LogP contribution is -2.24. The highest BCUT2D eigenvalue weighted by atomic mass is 14.9. The summed E-state index contributed by atoms with van der Waals surface area (Å²) in [4.78, 5) is 0. The van der Waals surface area contributed by atoms with E-state index in [2.05, 4.69) is 74.6 Å². The zero-order valence-electron chi connectivity index (χ0n) is 12.8. The third kappa shape index (κ3) is 3.49. The molecule has 0 bridgehead atoms. The van der Waals surface area contributed by atoms with Gasteiger partial charge in [-0.1, -0.05) is 62.4 Å². The Bertz CT molecular complexity index is 545. The van der Waals surface area contributed by atoms with Crippen LogP contribution in [0.15, 0.2) is 48.5 Å². The van der Waals surface area contributed by atoms with Crippen LogP contribution in [0.2, 0.25) is 0 Å². The lowest BCUT2D eigenvalue weighted by atomic mass is 9.92. The number of aryl methyl sites for hydroxylation is 2. The summed E-state index contributed by atoms with van der Waals surface area (Å²) in [6.45, 7) is 7.60. The molecular formula is C19H25N. The molecule has 1 N–H and O–H groups in total. The molecule has 0 heterocycles. The van der Waals surface area contributed by atoms with E-state index in [0.717, 1.165) is 19.4 Å². The number of rotatable bonds is 6.